The fraction of sp³-hybridized carbons (Fsp3) is 0.647. The molecule has 0 aromatic heterocycles. The zero-order valence-electron chi connectivity index (χ0n) is 17.0. The summed E-state index contributed by atoms with van der Waals surface area (Å²) in [6.45, 7) is 4.66. The highest BCUT2D eigenvalue weighted by molar-refractivity contribution is 5.97. The van der Waals surface area contributed by atoms with E-state index in [4.69, 9.17) is 21.7 Å². The van der Waals surface area contributed by atoms with Crippen molar-refractivity contribution in [2.45, 2.75) is 64.2 Å². The lowest BCUT2D eigenvalue weighted by Gasteiger charge is -2.24. The molecule has 13 nitrogen and oxygen atoms in total. The van der Waals surface area contributed by atoms with Gasteiger partial charge in [-0.05, 0) is 12.8 Å². The number of amides is 4. The molecule has 0 saturated carbocycles. The van der Waals surface area contributed by atoms with Crippen molar-refractivity contribution in [1.82, 2.24) is 16.0 Å². The molecule has 5 unspecified atom stereocenters. The average molecular weight is 431 g/mol. The third-order valence-electron chi connectivity index (χ3n) is 4.34. The first-order chi connectivity index (χ1) is 13.8. The van der Waals surface area contributed by atoms with E-state index in [1.165, 1.54) is 0 Å². The highest BCUT2D eigenvalue weighted by Gasteiger charge is 2.32. The third-order valence-corrected chi connectivity index (χ3v) is 4.34. The van der Waals surface area contributed by atoms with E-state index in [2.05, 4.69) is 16.0 Å². The second-order valence-electron chi connectivity index (χ2n) is 6.87. The first-order valence-corrected chi connectivity index (χ1v) is 9.19. The summed E-state index contributed by atoms with van der Waals surface area (Å²) in [5.74, 6) is -6.85. The molecule has 30 heavy (non-hydrogen) atoms. The molecule has 0 aliphatic rings. The van der Waals surface area contributed by atoms with Crippen LogP contribution in [0.15, 0.2) is 0 Å². The molecule has 0 rings (SSSR count). The molecular weight excluding hydrogens is 402 g/mol. The molecular formula is C17H29N5O8. The van der Waals surface area contributed by atoms with E-state index in [9.17, 15) is 28.8 Å². The molecule has 0 saturated heterocycles. The SMILES string of the molecule is CCC(C)C(N)C(=O)NC(CC(=O)O)C(=O)NC(CC(N)=O)C(=O)NC(C)C(=O)O. The molecule has 0 radical (unpaired) electrons. The molecule has 5 atom stereocenters. The lowest BCUT2D eigenvalue weighted by atomic mass is 9.99. The Morgan fingerprint density at radius 3 is 1.73 bits per heavy atom. The predicted octanol–water partition coefficient (Wildman–Crippen LogP) is -2.73. The van der Waals surface area contributed by atoms with Crippen molar-refractivity contribution >= 4 is 35.6 Å². The molecule has 0 aromatic carbocycles. The smallest absolute Gasteiger partial charge is 0.325 e. The van der Waals surface area contributed by atoms with Crippen molar-refractivity contribution in [1.29, 1.82) is 0 Å². The maximum absolute atomic E-state index is 12.5. The molecule has 4 amide bonds. The van der Waals surface area contributed by atoms with Crippen molar-refractivity contribution in [2.24, 2.45) is 17.4 Å². The second kappa shape index (κ2) is 12.4. The zero-order valence-corrected chi connectivity index (χ0v) is 17.0. The van der Waals surface area contributed by atoms with Crippen LogP contribution in [0.25, 0.3) is 0 Å². The highest BCUT2D eigenvalue weighted by atomic mass is 16.4. The standard InChI is InChI=1S/C17H29N5O8/c1-4-7(2)13(19)16(28)22-10(6-12(24)25)15(27)21-9(5-11(18)23)14(26)20-8(3)17(29)30/h7-10,13H,4-6,19H2,1-3H3,(H2,18,23)(H,20,26)(H,21,27)(H,22,28)(H,24,25)(H,29,30). The predicted molar refractivity (Wildman–Crippen MR) is 103 cm³/mol. The van der Waals surface area contributed by atoms with Crippen molar-refractivity contribution < 1.29 is 39.0 Å². The van der Waals surface area contributed by atoms with Crippen molar-refractivity contribution in [2.75, 3.05) is 0 Å². The van der Waals surface area contributed by atoms with Gasteiger partial charge in [-0.1, -0.05) is 20.3 Å². The average Bonchev–Trinajstić information content (AvgIpc) is 2.64. The fourth-order valence-electron chi connectivity index (χ4n) is 2.22. The van der Waals surface area contributed by atoms with Crippen LogP contribution in [0, 0.1) is 5.92 Å². The Morgan fingerprint density at radius 1 is 0.833 bits per heavy atom. The number of primary amides is 1. The maximum atomic E-state index is 12.5. The maximum Gasteiger partial charge on any atom is 0.325 e. The largest absolute Gasteiger partial charge is 0.481 e. The minimum absolute atomic E-state index is 0.246. The van der Waals surface area contributed by atoms with Gasteiger partial charge in [-0.25, -0.2) is 0 Å². The van der Waals surface area contributed by atoms with Gasteiger partial charge in [0, 0.05) is 0 Å². The molecule has 9 N–H and O–H groups in total. The molecule has 0 bridgehead atoms. The van der Waals surface area contributed by atoms with Gasteiger partial charge in [-0.2, -0.15) is 0 Å². The molecule has 0 spiro atoms. The molecule has 0 aliphatic carbocycles. The van der Waals surface area contributed by atoms with Gasteiger partial charge in [0.05, 0.1) is 18.9 Å². The highest BCUT2D eigenvalue weighted by Crippen LogP contribution is 2.06. The summed E-state index contributed by atoms with van der Waals surface area (Å²) >= 11 is 0. The van der Waals surface area contributed by atoms with Crippen LogP contribution in [-0.2, 0) is 28.8 Å². The van der Waals surface area contributed by atoms with Crippen LogP contribution in [0.3, 0.4) is 0 Å². The first-order valence-electron chi connectivity index (χ1n) is 9.19. The molecule has 0 heterocycles. The number of carboxylic acids is 2. The van der Waals surface area contributed by atoms with Crippen molar-refractivity contribution in [3.8, 4) is 0 Å². The van der Waals surface area contributed by atoms with Gasteiger partial charge in [0.15, 0.2) is 0 Å². The van der Waals surface area contributed by atoms with E-state index in [-0.39, 0.29) is 5.92 Å². The monoisotopic (exact) mass is 431 g/mol. The molecule has 170 valence electrons. The van der Waals surface area contributed by atoms with Crippen LogP contribution in [0.5, 0.6) is 0 Å². The summed E-state index contributed by atoms with van der Waals surface area (Å²) in [5, 5.41) is 24.3. The van der Waals surface area contributed by atoms with Gasteiger partial charge in [0.25, 0.3) is 0 Å². The minimum atomic E-state index is -1.59. The molecule has 0 aliphatic heterocycles. The van der Waals surface area contributed by atoms with Gasteiger partial charge in [0.2, 0.25) is 23.6 Å². The number of rotatable bonds is 13. The number of nitrogens with one attached hydrogen (secondary N) is 3. The number of hydrogen-bond donors (Lipinski definition) is 7. The second-order valence-corrected chi connectivity index (χ2v) is 6.87. The fourth-order valence-corrected chi connectivity index (χ4v) is 2.22. The molecule has 0 fully saturated rings. The lowest BCUT2D eigenvalue weighted by Crippen LogP contribution is -2.58. The normalized spacial score (nSPS) is 15.6. The Kier molecular flexibility index (Phi) is 11.0. The number of aliphatic carboxylic acids is 2. The van der Waals surface area contributed by atoms with Gasteiger partial charge in [-0.3, -0.25) is 28.8 Å². The van der Waals surface area contributed by atoms with Crippen LogP contribution in [0.4, 0.5) is 0 Å². The first kappa shape index (κ1) is 26.8. The number of nitrogens with two attached hydrogens (primary N) is 2. The van der Waals surface area contributed by atoms with Crippen molar-refractivity contribution in [3.05, 3.63) is 0 Å². The van der Waals surface area contributed by atoms with Gasteiger partial charge < -0.3 is 37.6 Å². The van der Waals surface area contributed by atoms with Crippen molar-refractivity contribution in [3.63, 3.8) is 0 Å². The zero-order chi connectivity index (χ0) is 23.6. The summed E-state index contributed by atoms with van der Waals surface area (Å²) < 4.78 is 0. The van der Waals surface area contributed by atoms with E-state index in [0.29, 0.717) is 6.42 Å². The van der Waals surface area contributed by atoms with Crippen LogP contribution >= 0.6 is 0 Å². The third kappa shape index (κ3) is 9.32. The van der Waals surface area contributed by atoms with Gasteiger partial charge >= 0.3 is 11.9 Å². The summed E-state index contributed by atoms with van der Waals surface area (Å²) in [5.41, 5.74) is 10.8. The van der Waals surface area contributed by atoms with E-state index >= 15 is 0 Å². The summed E-state index contributed by atoms with van der Waals surface area (Å²) in [7, 11) is 0. The Bertz CT molecular complexity index is 683. The minimum Gasteiger partial charge on any atom is -0.481 e. The van der Waals surface area contributed by atoms with E-state index in [1.54, 1.807) is 13.8 Å². The molecule has 13 heteroatoms. The van der Waals surface area contributed by atoms with Gasteiger partial charge in [-0.15, -0.1) is 0 Å². The quantitative estimate of drug-likeness (QED) is 0.160. The van der Waals surface area contributed by atoms with Gasteiger partial charge in [0.1, 0.15) is 18.1 Å². The summed E-state index contributed by atoms with van der Waals surface area (Å²) in [6, 6.07) is -5.49. The van der Waals surface area contributed by atoms with Crippen LogP contribution in [0.1, 0.15) is 40.0 Å². The topological polar surface area (TPSA) is 231 Å². The lowest BCUT2D eigenvalue weighted by molar-refractivity contribution is -0.143. The Hall–Kier alpha value is -3.22. The number of carboxylic acid groups (broad SMARTS) is 2. The number of carbonyl (C=O) groups is 6. The Labute approximate surface area is 172 Å². The number of carbonyl (C=O) groups excluding carboxylic acids is 4. The molecule has 0 aromatic rings. The van der Waals surface area contributed by atoms with Crippen LogP contribution < -0.4 is 27.4 Å². The van der Waals surface area contributed by atoms with E-state index < -0.39 is 72.6 Å². The van der Waals surface area contributed by atoms with Crippen LogP contribution in [-0.4, -0.2) is 69.9 Å². The van der Waals surface area contributed by atoms with Crippen LogP contribution in [0.2, 0.25) is 0 Å². The Morgan fingerprint density at radius 2 is 1.30 bits per heavy atom. The summed E-state index contributed by atoms with van der Waals surface area (Å²) in [6.07, 6.45) is -0.932. The summed E-state index contributed by atoms with van der Waals surface area (Å²) in [4.78, 5) is 70.2. The van der Waals surface area contributed by atoms with E-state index in [0.717, 1.165) is 6.92 Å². The number of hydrogen-bond acceptors (Lipinski definition) is 7. The Balaban J connectivity index is 5.44. The van der Waals surface area contributed by atoms with E-state index in [1.807, 2.05) is 0 Å².